The fourth-order valence-electron chi connectivity index (χ4n) is 2.70. The summed E-state index contributed by atoms with van der Waals surface area (Å²) in [4.78, 5) is 12.5. The molecule has 0 spiro atoms. The molecule has 3 aromatic rings. The largest absolute Gasteiger partial charge is 0.507 e. The van der Waals surface area contributed by atoms with Gasteiger partial charge in [-0.25, -0.2) is 13.8 Å². The SMILES string of the molecule is Cc1ccc(S(=O)(=O)N(CC(=O)N/N=C\c2ccccc2O)c2ccc(Cl)cc2)cc1. The summed E-state index contributed by atoms with van der Waals surface area (Å²) < 4.78 is 27.5. The maximum Gasteiger partial charge on any atom is 0.264 e. The van der Waals surface area contributed by atoms with Crippen LogP contribution in [0, 0.1) is 6.92 Å². The van der Waals surface area contributed by atoms with Crippen molar-refractivity contribution < 1.29 is 18.3 Å². The van der Waals surface area contributed by atoms with Gasteiger partial charge in [-0.3, -0.25) is 9.10 Å². The van der Waals surface area contributed by atoms with Gasteiger partial charge < -0.3 is 5.11 Å². The molecule has 0 aliphatic carbocycles. The van der Waals surface area contributed by atoms with Crippen molar-refractivity contribution in [3.05, 3.63) is 88.9 Å². The van der Waals surface area contributed by atoms with Crippen molar-refractivity contribution in [3.8, 4) is 5.75 Å². The van der Waals surface area contributed by atoms with Gasteiger partial charge in [0.15, 0.2) is 0 Å². The van der Waals surface area contributed by atoms with Crippen molar-refractivity contribution in [2.75, 3.05) is 10.8 Å². The Labute approximate surface area is 185 Å². The van der Waals surface area contributed by atoms with Gasteiger partial charge in [-0.2, -0.15) is 5.10 Å². The first-order valence-corrected chi connectivity index (χ1v) is 11.0. The minimum Gasteiger partial charge on any atom is -0.507 e. The Morgan fingerprint density at radius 3 is 2.35 bits per heavy atom. The van der Waals surface area contributed by atoms with Crippen molar-refractivity contribution in [1.82, 2.24) is 5.43 Å². The molecule has 160 valence electrons. The lowest BCUT2D eigenvalue weighted by Crippen LogP contribution is -2.39. The highest BCUT2D eigenvalue weighted by Crippen LogP contribution is 2.25. The number of aromatic hydroxyl groups is 1. The number of halogens is 1. The highest BCUT2D eigenvalue weighted by Gasteiger charge is 2.27. The van der Waals surface area contributed by atoms with Crippen molar-refractivity contribution in [2.45, 2.75) is 11.8 Å². The molecule has 0 heterocycles. The molecule has 0 unspecified atom stereocenters. The van der Waals surface area contributed by atoms with E-state index in [9.17, 15) is 18.3 Å². The lowest BCUT2D eigenvalue weighted by molar-refractivity contribution is -0.119. The van der Waals surface area contributed by atoms with E-state index in [-0.39, 0.29) is 16.3 Å². The van der Waals surface area contributed by atoms with Crippen molar-refractivity contribution >= 4 is 39.4 Å². The number of sulfonamides is 1. The molecule has 0 aliphatic rings. The molecular formula is C22H20ClN3O4S. The molecule has 0 aliphatic heterocycles. The van der Waals surface area contributed by atoms with Gasteiger partial charge in [0.25, 0.3) is 15.9 Å². The summed E-state index contributed by atoms with van der Waals surface area (Å²) >= 11 is 5.92. The normalized spacial score (nSPS) is 11.4. The van der Waals surface area contributed by atoms with E-state index in [1.54, 1.807) is 42.5 Å². The fourth-order valence-corrected chi connectivity index (χ4v) is 4.24. The van der Waals surface area contributed by atoms with Crippen LogP contribution in [-0.4, -0.2) is 32.2 Å². The molecule has 9 heteroatoms. The van der Waals surface area contributed by atoms with Gasteiger partial charge in [0, 0.05) is 10.6 Å². The number of rotatable bonds is 7. The molecule has 31 heavy (non-hydrogen) atoms. The molecule has 2 N–H and O–H groups in total. The lowest BCUT2D eigenvalue weighted by atomic mass is 10.2. The highest BCUT2D eigenvalue weighted by molar-refractivity contribution is 7.92. The van der Waals surface area contributed by atoms with Crippen LogP contribution >= 0.6 is 11.6 Å². The monoisotopic (exact) mass is 457 g/mol. The molecule has 1 amide bonds. The Bertz CT molecular complexity index is 1190. The topological polar surface area (TPSA) is 99.1 Å². The van der Waals surface area contributed by atoms with Crippen LogP contribution in [0.4, 0.5) is 5.69 Å². The summed E-state index contributed by atoms with van der Waals surface area (Å²) in [5.41, 5.74) is 3.89. The Morgan fingerprint density at radius 1 is 1.06 bits per heavy atom. The Morgan fingerprint density at radius 2 is 1.71 bits per heavy atom. The number of carbonyl (C=O) groups is 1. The van der Waals surface area contributed by atoms with Gasteiger partial charge in [0.2, 0.25) is 0 Å². The number of anilines is 1. The molecule has 7 nitrogen and oxygen atoms in total. The van der Waals surface area contributed by atoms with Crippen LogP contribution in [0.3, 0.4) is 0 Å². The smallest absolute Gasteiger partial charge is 0.264 e. The first kappa shape index (κ1) is 22.3. The van der Waals surface area contributed by atoms with Gasteiger partial charge in [0.05, 0.1) is 16.8 Å². The van der Waals surface area contributed by atoms with Crippen LogP contribution in [-0.2, 0) is 14.8 Å². The number of carbonyl (C=O) groups excluding carboxylic acids is 1. The number of benzene rings is 3. The third kappa shape index (κ3) is 5.62. The Kier molecular flexibility index (Phi) is 6.94. The van der Waals surface area contributed by atoms with Crippen LogP contribution in [0.25, 0.3) is 0 Å². The van der Waals surface area contributed by atoms with Gasteiger partial charge in [-0.05, 0) is 55.5 Å². The van der Waals surface area contributed by atoms with E-state index in [0.717, 1.165) is 9.87 Å². The van der Waals surface area contributed by atoms with Crippen LogP contribution < -0.4 is 9.73 Å². The van der Waals surface area contributed by atoms with Crippen LogP contribution in [0.5, 0.6) is 5.75 Å². The molecule has 3 aromatic carbocycles. The number of phenolic OH excluding ortho intramolecular Hbond substituents is 1. The summed E-state index contributed by atoms with van der Waals surface area (Å²) in [6, 6.07) is 18.9. The van der Waals surface area contributed by atoms with E-state index >= 15 is 0 Å². The third-order valence-corrected chi connectivity index (χ3v) is 6.38. The van der Waals surface area contributed by atoms with Crippen molar-refractivity contribution in [1.29, 1.82) is 0 Å². The average Bonchev–Trinajstić information content (AvgIpc) is 2.74. The number of hydrogen-bond acceptors (Lipinski definition) is 5. The summed E-state index contributed by atoms with van der Waals surface area (Å²) in [5.74, 6) is -0.650. The van der Waals surface area contributed by atoms with E-state index in [0.29, 0.717) is 10.6 Å². The van der Waals surface area contributed by atoms with E-state index in [1.807, 2.05) is 6.92 Å². The van der Waals surface area contributed by atoms with Crippen molar-refractivity contribution in [2.24, 2.45) is 5.10 Å². The zero-order valence-electron chi connectivity index (χ0n) is 16.6. The first-order valence-electron chi connectivity index (χ1n) is 9.22. The summed E-state index contributed by atoms with van der Waals surface area (Å²) in [5, 5.41) is 14.0. The number of hydrazone groups is 1. The molecule has 0 fully saturated rings. The summed E-state index contributed by atoms with van der Waals surface area (Å²) in [7, 11) is -4.03. The first-order chi connectivity index (χ1) is 14.8. The third-order valence-electron chi connectivity index (χ3n) is 4.34. The quantitative estimate of drug-likeness (QED) is 0.417. The van der Waals surface area contributed by atoms with E-state index in [4.69, 9.17) is 11.6 Å². The predicted octanol–water partition coefficient (Wildman–Crippen LogP) is 3.70. The van der Waals surface area contributed by atoms with Gasteiger partial charge >= 0.3 is 0 Å². The average molecular weight is 458 g/mol. The number of nitrogens with zero attached hydrogens (tertiary/aromatic N) is 2. The second-order valence-corrected chi connectivity index (χ2v) is 8.95. The second kappa shape index (κ2) is 9.63. The minimum atomic E-state index is -4.03. The van der Waals surface area contributed by atoms with E-state index in [2.05, 4.69) is 10.5 Å². The maximum absolute atomic E-state index is 13.2. The van der Waals surface area contributed by atoms with Crippen LogP contribution in [0.1, 0.15) is 11.1 Å². The Balaban J connectivity index is 1.84. The molecule has 0 saturated heterocycles. The molecule has 0 aromatic heterocycles. The Hall–Kier alpha value is -3.36. The van der Waals surface area contributed by atoms with Crippen molar-refractivity contribution in [3.63, 3.8) is 0 Å². The number of aryl methyl sites for hydroxylation is 1. The zero-order chi connectivity index (χ0) is 22.4. The number of hydrogen-bond donors (Lipinski definition) is 2. The molecule has 0 radical (unpaired) electrons. The second-order valence-electron chi connectivity index (χ2n) is 6.65. The van der Waals surface area contributed by atoms with Gasteiger partial charge in [-0.15, -0.1) is 0 Å². The molecular weight excluding hydrogens is 438 g/mol. The number of nitrogens with one attached hydrogen (secondary N) is 1. The highest BCUT2D eigenvalue weighted by atomic mass is 35.5. The molecule has 0 saturated carbocycles. The maximum atomic E-state index is 13.2. The molecule has 3 rings (SSSR count). The predicted molar refractivity (Wildman–Crippen MR) is 121 cm³/mol. The number of phenols is 1. The minimum absolute atomic E-state index is 0.00485. The standard InChI is InChI=1S/C22H20ClN3O4S/c1-16-6-12-20(13-7-16)31(29,30)26(19-10-8-18(23)9-11-19)15-22(28)25-24-14-17-4-2-3-5-21(17)27/h2-14,27H,15H2,1H3,(H,25,28)/b24-14-. The molecule has 0 atom stereocenters. The zero-order valence-corrected chi connectivity index (χ0v) is 18.1. The lowest BCUT2D eigenvalue weighted by Gasteiger charge is -2.23. The summed E-state index contributed by atoms with van der Waals surface area (Å²) in [6.45, 7) is 1.35. The van der Waals surface area contributed by atoms with Gasteiger partial charge in [-0.1, -0.05) is 41.4 Å². The van der Waals surface area contributed by atoms with Crippen LogP contribution in [0.15, 0.2) is 82.8 Å². The molecule has 0 bridgehead atoms. The van der Waals surface area contributed by atoms with Gasteiger partial charge in [0.1, 0.15) is 12.3 Å². The van der Waals surface area contributed by atoms with E-state index < -0.39 is 22.5 Å². The van der Waals surface area contributed by atoms with E-state index in [1.165, 1.54) is 36.5 Å². The number of amides is 1. The number of para-hydroxylation sites is 1. The fraction of sp³-hybridized carbons (Fsp3) is 0.0909. The van der Waals surface area contributed by atoms with Crippen LogP contribution in [0.2, 0.25) is 5.02 Å². The summed E-state index contributed by atoms with van der Waals surface area (Å²) in [6.07, 6.45) is 1.27.